The number of likely N-dealkylation sites (tertiary alicyclic amines) is 1. The number of nitrogens with one attached hydrogen (secondary N) is 1. The molecule has 0 aromatic rings. The largest absolute Gasteiger partial charge is 0.481 e. The van der Waals surface area contributed by atoms with E-state index in [0.29, 0.717) is 12.8 Å². The van der Waals surface area contributed by atoms with Gasteiger partial charge in [-0.25, -0.2) is 4.79 Å². The number of urea groups is 1. The van der Waals surface area contributed by atoms with E-state index in [1.54, 1.807) is 0 Å². The standard InChI is InChI=1S/C13H22N2O3/c1-9-4-3-5-10(2)15(9)12(18)14-8-13(6-7-13)11(16)17/h9-10H,3-8H2,1-2H3,(H,14,18)(H,16,17). The number of carboxylic acid groups (broad SMARTS) is 1. The van der Waals surface area contributed by atoms with Gasteiger partial charge in [0, 0.05) is 18.6 Å². The maximum absolute atomic E-state index is 12.1. The lowest BCUT2D eigenvalue weighted by molar-refractivity contribution is -0.143. The van der Waals surface area contributed by atoms with Gasteiger partial charge in [-0.2, -0.15) is 0 Å². The van der Waals surface area contributed by atoms with Gasteiger partial charge in [0.05, 0.1) is 5.41 Å². The zero-order valence-corrected chi connectivity index (χ0v) is 11.1. The summed E-state index contributed by atoms with van der Waals surface area (Å²) < 4.78 is 0. The highest BCUT2D eigenvalue weighted by atomic mass is 16.4. The Bertz CT molecular complexity index is 342. The molecule has 2 amide bonds. The van der Waals surface area contributed by atoms with E-state index in [1.165, 1.54) is 0 Å². The summed E-state index contributed by atoms with van der Waals surface area (Å²) in [5, 5.41) is 11.9. The van der Waals surface area contributed by atoms with Gasteiger partial charge in [0.25, 0.3) is 0 Å². The Hall–Kier alpha value is -1.26. The number of carbonyl (C=O) groups is 2. The molecule has 5 nitrogen and oxygen atoms in total. The minimum absolute atomic E-state index is 0.109. The van der Waals surface area contributed by atoms with Gasteiger partial charge in [-0.3, -0.25) is 4.79 Å². The molecule has 2 atom stereocenters. The summed E-state index contributed by atoms with van der Waals surface area (Å²) in [6.07, 6.45) is 4.57. The van der Waals surface area contributed by atoms with Gasteiger partial charge in [0.1, 0.15) is 0 Å². The molecular weight excluding hydrogens is 232 g/mol. The van der Waals surface area contributed by atoms with Crippen molar-refractivity contribution in [3.63, 3.8) is 0 Å². The molecule has 0 bridgehead atoms. The van der Waals surface area contributed by atoms with Gasteiger partial charge in [-0.1, -0.05) is 0 Å². The monoisotopic (exact) mass is 254 g/mol. The Morgan fingerprint density at radius 2 is 1.83 bits per heavy atom. The maximum atomic E-state index is 12.1. The molecule has 2 unspecified atom stereocenters. The van der Waals surface area contributed by atoms with Crippen molar-refractivity contribution in [3.8, 4) is 0 Å². The van der Waals surface area contributed by atoms with E-state index >= 15 is 0 Å². The zero-order chi connectivity index (χ0) is 13.3. The summed E-state index contributed by atoms with van der Waals surface area (Å²) in [4.78, 5) is 25.0. The Morgan fingerprint density at radius 3 is 2.28 bits per heavy atom. The van der Waals surface area contributed by atoms with Crippen LogP contribution in [0.2, 0.25) is 0 Å². The van der Waals surface area contributed by atoms with Gasteiger partial charge < -0.3 is 15.3 Å². The molecule has 2 N–H and O–H groups in total. The molecule has 5 heteroatoms. The van der Waals surface area contributed by atoms with Crippen molar-refractivity contribution in [2.24, 2.45) is 5.41 Å². The fraction of sp³-hybridized carbons (Fsp3) is 0.846. The Morgan fingerprint density at radius 1 is 1.28 bits per heavy atom. The van der Waals surface area contributed by atoms with Crippen LogP contribution in [0.15, 0.2) is 0 Å². The predicted octanol–water partition coefficient (Wildman–Crippen LogP) is 1.82. The van der Waals surface area contributed by atoms with Gasteiger partial charge in [-0.15, -0.1) is 0 Å². The molecule has 1 heterocycles. The molecule has 0 radical (unpaired) electrons. The Kier molecular flexibility index (Phi) is 3.50. The quantitative estimate of drug-likeness (QED) is 0.807. The highest BCUT2D eigenvalue weighted by molar-refractivity contribution is 5.80. The van der Waals surface area contributed by atoms with Crippen LogP contribution in [0.3, 0.4) is 0 Å². The first-order valence-corrected chi connectivity index (χ1v) is 6.76. The van der Waals surface area contributed by atoms with Crippen LogP contribution >= 0.6 is 0 Å². The second kappa shape index (κ2) is 4.78. The summed E-state index contributed by atoms with van der Waals surface area (Å²) in [7, 11) is 0. The third kappa shape index (κ3) is 2.44. The summed E-state index contributed by atoms with van der Waals surface area (Å²) >= 11 is 0. The average molecular weight is 254 g/mol. The van der Waals surface area contributed by atoms with Crippen LogP contribution in [0.1, 0.15) is 46.0 Å². The normalized spacial score (nSPS) is 29.8. The first-order valence-electron chi connectivity index (χ1n) is 6.76. The molecule has 0 aromatic carbocycles. The number of aliphatic carboxylic acids is 1. The van der Waals surface area contributed by atoms with Crippen LogP contribution in [0.25, 0.3) is 0 Å². The molecule has 1 aliphatic carbocycles. The van der Waals surface area contributed by atoms with Crippen LogP contribution in [-0.4, -0.2) is 40.6 Å². The fourth-order valence-corrected chi connectivity index (χ4v) is 2.77. The number of rotatable bonds is 3. The van der Waals surface area contributed by atoms with Gasteiger partial charge in [-0.05, 0) is 46.0 Å². The number of hydrogen-bond donors (Lipinski definition) is 2. The van der Waals surface area contributed by atoms with Crippen molar-refractivity contribution in [1.29, 1.82) is 0 Å². The molecular formula is C13H22N2O3. The number of carbonyl (C=O) groups excluding carboxylic acids is 1. The maximum Gasteiger partial charge on any atom is 0.317 e. The average Bonchev–Trinajstić information content (AvgIpc) is 3.07. The van der Waals surface area contributed by atoms with E-state index in [-0.39, 0.29) is 24.7 Å². The highest BCUT2D eigenvalue weighted by Gasteiger charge is 2.50. The molecule has 0 aromatic heterocycles. The van der Waals surface area contributed by atoms with E-state index < -0.39 is 11.4 Å². The molecule has 18 heavy (non-hydrogen) atoms. The topological polar surface area (TPSA) is 69.6 Å². The molecule has 2 rings (SSSR count). The molecule has 1 aliphatic heterocycles. The van der Waals surface area contributed by atoms with Gasteiger partial charge in [0.2, 0.25) is 0 Å². The van der Waals surface area contributed by atoms with Gasteiger partial charge in [0.15, 0.2) is 0 Å². The van der Waals surface area contributed by atoms with Crippen molar-refractivity contribution in [3.05, 3.63) is 0 Å². The minimum atomic E-state index is -0.789. The first kappa shape index (κ1) is 13.2. The molecule has 2 fully saturated rings. The second-order valence-electron chi connectivity index (χ2n) is 5.78. The smallest absolute Gasteiger partial charge is 0.317 e. The third-order valence-electron chi connectivity index (χ3n) is 4.31. The van der Waals surface area contributed by atoms with Crippen molar-refractivity contribution >= 4 is 12.0 Å². The zero-order valence-electron chi connectivity index (χ0n) is 11.1. The predicted molar refractivity (Wildman–Crippen MR) is 67.3 cm³/mol. The fourth-order valence-electron chi connectivity index (χ4n) is 2.77. The Labute approximate surface area is 108 Å². The van der Waals surface area contributed by atoms with Crippen molar-refractivity contribution in [2.75, 3.05) is 6.54 Å². The van der Waals surface area contributed by atoms with Crippen LogP contribution < -0.4 is 5.32 Å². The van der Waals surface area contributed by atoms with E-state index in [9.17, 15) is 9.59 Å². The Balaban J connectivity index is 1.89. The number of carboxylic acids is 1. The summed E-state index contributed by atoms with van der Waals surface area (Å²) in [5.41, 5.74) is -0.683. The van der Waals surface area contributed by atoms with Crippen molar-refractivity contribution in [1.82, 2.24) is 10.2 Å². The molecule has 0 spiro atoms. The molecule has 1 saturated heterocycles. The van der Waals surface area contributed by atoms with E-state index in [0.717, 1.165) is 19.3 Å². The van der Waals surface area contributed by atoms with E-state index in [4.69, 9.17) is 5.11 Å². The minimum Gasteiger partial charge on any atom is -0.481 e. The lowest BCUT2D eigenvalue weighted by Gasteiger charge is -2.39. The SMILES string of the molecule is CC1CCCC(C)N1C(=O)NCC1(C(=O)O)CC1. The van der Waals surface area contributed by atoms with Crippen LogP contribution in [0.5, 0.6) is 0 Å². The van der Waals surface area contributed by atoms with Gasteiger partial charge >= 0.3 is 12.0 Å². The summed E-state index contributed by atoms with van der Waals surface area (Å²) in [6.45, 7) is 4.37. The second-order valence-corrected chi connectivity index (χ2v) is 5.78. The van der Waals surface area contributed by atoms with Crippen LogP contribution in [-0.2, 0) is 4.79 Å². The van der Waals surface area contributed by atoms with Crippen molar-refractivity contribution in [2.45, 2.75) is 58.0 Å². The summed E-state index contributed by atoms with van der Waals surface area (Å²) in [5.74, 6) is -0.789. The molecule has 2 aliphatic rings. The number of nitrogens with zero attached hydrogens (tertiary/aromatic N) is 1. The lowest BCUT2D eigenvalue weighted by atomic mass is 9.98. The third-order valence-corrected chi connectivity index (χ3v) is 4.31. The molecule has 102 valence electrons. The number of amides is 2. The van der Waals surface area contributed by atoms with Crippen LogP contribution in [0, 0.1) is 5.41 Å². The summed E-state index contributed by atoms with van der Waals surface area (Å²) in [6, 6.07) is 0.379. The molecule has 1 saturated carbocycles. The lowest BCUT2D eigenvalue weighted by Crippen LogP contribution is -2.53. The van der Waals surface area contributed by atoms with E-state index in [1.807, 2.05) is 4.90 Å². The highest BCUT2D eigenvalue weighted by Crippen LogP contribution is 2.45. The van der Waals surface area contributed by atoms with Crippen LogP contribution in [0.4, 0.5) is 4.79 Å². The van der Waals surface area contributed by atoms with E-state index in [2.05, 4.69) is 19.2 Å². The number of piperidine rings is 1. The first-order chi connectivity index (χ1) is 8.46. The number of hydrogen-bond acceptors (Lipinski definition) is 2. The van der Waals surface area contributed by atoms with Crippen molar-refractivity contribution < 1.29 is 14.7 Å².